The minimum atomic E-state index is -0.794. The molecular formula is C16H21NO3S. The second-order valence-electron chi connectivity index (χ2n) is 5.59. The standard InChI is InChI=1S/C16H21NO3S/c1-12-9-13(16(19)20)11-17(10-12)15(18)7-8-21-14-5-3-2-4-6-14/h2-6,12-13H,7-11H2,1H3,(H,19,20). The van der Waals surface area contributed by atoms with Gasteiger partial charge < -0.3 is 10.0 Å². The van der Waals surface area contributed by atoms with Gasteiger partial charge in [-0.1, -0.05) is 25.1 Å². The van der Waals surface area contributed by atoms with E-state index in [2.05, 4.69) is 0 Å². The molecule has 21 heavy (non-hydrogen) atoms. The van der Waals surface area contributed by atoms with Crippen molar-refractivity contribution in [1.29, 1.82) is 0 Å². The molecule has 0 aliphatic carbocycles. The Hall–Kier alpha value is -1.49. The third-order valence-corrected chi connectivity index (χ3v) is 4.70. The summed E-state index contributed by atoms with van der Waals surface area (Å²) in [5, 5.41) is 9.14. The van der Waals surface area contributed by atoms with Gasteiger partial charge in [-0.3, -0.25) is 9.59 Å². The number of carboxylic acid groups (broad SMARTS) is 1. The first-order chi connectivity index (χ1) is 10.1. The zero-order chi connectivity index (χ0) is 15.2. The van der Waals surface area contributed by atoms with E-state index in [1.807, 2.05) is 37.3 Å². The van der Waals surface area contributed by atoms with Gasteiger partial charge in [-0.05, 0) is 24.5 Å². The molecule has 2 rings (SSSR count). The van der Waals surface area contributed by atoms with Gasteiger partial charge >= 0.3 is 5.97 Å². The van der Waals surface area contributed by atoms with Crippen LogP contribution in [-0.2, 0) is 9.59 Å². The van der Waals surface area contributed by atoms with Crippen LogP contribution in [0.15, 0.2) is 35.2 Å². The van der Waals surface area contributed by atoms with Crippen molar-refractivity contribution in [1.82, 2.24) is 4.90 Å². The zero-order valence-electron chi connectivity index (χ0n) is 12.2. The van der Waals surface area contributed by atoms with Gasteiger partial charge in [-0.15, -0.1) is 11.8 Å². The smallest absolute Gasteiger partial charge is 0.308 e. The normalized spacial score (nSPS) is 22.0. The predicted molar refractivity (Wildman–Crippen MR) is 83.3 cm³/mol. The molecule has 0 spiro atoms. The Labute approximate surface area is 129 Å². The molecule has 1 saturated heterocycles. The maximum Gasteiger partial charge on any atom is 0.308 e. The van der Waals surface area contributed by atoms with Crippen LogP contribution in [0, 0.1) is 11.8 Å². The van der Waals surface area contributed by atoms with Crippen molar-refractivity contribution in [3.8, 4) is 0 Å². The van der Waals surface area contributed by atoms with Gasteiger partial charge in [0.15, 0.2) is 0 Å². The number of nitrogens with zero attached hydrogens (tertiary/aromatic N) is 1. The lowest BCUT2D eigenvalue weighted by Crippen LogP contribution is -2.45. The first-order valence-electron chi connectivity index (χ1n) is 7.24. The molecule has 1 heterocycles. The van der Waals surface area contributed by atoms with Crippen molar-refractivity contribution in [2.75, 3.05) is 18.8 Å². The fourth-order valence-electron chi connectivity index (χ4n) is 2.67. The van der Waals surface area contributed by atoms with E-state index in [0.717, 1.165) is 10.6 Å². The van der Waals surface area contributed by atoms with Crippen LogP contribution in [0.1, 0.15) is 19.8 Å². The molecule has 0 saturated carbocycles. The van der Waals surface area contributed by atoms with Crippen LogP contribution in [0.5, 0.6) is 0 Å². The van der Waals surface area contributed by atoms with Crippen LogP contribution < -0.4 is 0 Å². The summed E-state index contributed by atoms with van der Waals surface area (Å²) in [6, 6.07) is 9.98. The summed E-state index contributed by atoms with van der Waals surface area (Å²) in [6.45, 7) is 3.04. The Bertz CT molecular complexity index is 492. The van der Waals surface area contributed by atoms with Crippen molar-refractivity contribution >= 4 is 23.6 Å². The van der Waals surface area contributed by atoms with Crippen LogP contribution >= 0.6 is 11.8 Å². The third-order valence-electron chi connectivity index (χ3n) is 3.69. The van der Waals surface area contributed by atoms with Crippen LogP contribution in [0.3, 0.4) is 0 Å². The SMILES string of the molecule is CC1CC(C(=O)O)CN(C(=O)CCSc2ccccc2)C1. The Balaban J connectivity index is 1.81. The quantitative estimate of drug-likeness (QED) is 0.850. The molecule has 1 aliphatic heterocycles. The lowest BCUT2D eigenvalue weighted by molar-refractivity contribution is -0.146. The van der Waals surface area contributed by atoms with E-state index in [4.69, 9.17) is 5.11 Å². The van der Waals surface area contributed by atoms with Crippen molar-refractivity contribution < 1.29 is 14.7 Å². The molecule has 5 heteroatoms. The molecule has 2 atom stereocenters. The highest BCUT2D eigenvalue weighted by atomic mass is 32.2. The number of carbonyl (C=O) groups excluding carboxylic acids is 1. The summed E-state index contributed by atoms with van der Waals surface area (Å²) in [7, 11) is 0. The molecular weight excluding hydrogens is 286 g/mol. The van der Waals surface area contributed by atoms with Gasteiger partial charge in [0.2, 0.25) is 5.91 Å². The topological polar surface area (TPSA) is 57.6 Å². The van der Waals surface area contributed by atoms with Crippen molar-refractivity contribution in [3.63, 3.8) is 0 Å². The van der Waals surface area contributed by atoms with Crippen LogP contribution in [0.4, 0.5) is 0 Å². The van der Waals surface area contributed by atoms with E-state index in [0.29, 0.717) is 25.9 Å². The van der Waals surface area contributed by atoms with Crippen LogP contribution in [-0.4, -0.2) is 40.7 Å². The molecule has 1 aliphatic rings. The van der Waals surface area contributed by atoms with Gasteiger partial charge in [0.1, 0.15) is 0 Å². The molecule has 2 unspecified atom stereocenters. The summed E-state index contributed by atoms with van der Waals surface area (Å²) < 4.78 is 0. The first kappa shape index (κ1) is 15.9. The average Bonchev–Trinajstić information content (AvgIpc) is 2.47. The molecule has 0 aromatic heterocycles. The third kappa shape index (κ3) is 4.77. The van der Waals surface area contributed by atoms with Gasteiger partial charge in [-0.2, -0.15) is 0 Å². The number of likely N-dealkylation sites (tertiary alicyclic amines) is 1. The highest BCUT2D eigenvalue weighted by Crippen LogP contribution is 2.23. The number of benzene rings is 1. The Morgan fingerprint density at radius 1 is 1.29 bits per heavy atom. The number of carbonyl (C=O) groups is 2. The Morgan fingerprint density at radius 3 is 2.67 bits per heavy atom. The lowest BCUT2D eigenvalue weighted by Gasteiger charge is -2.34. The van der Waals surface area contributed by atoms with Gasteiger partial charge in [0.25, 0.3) is 0 Å². The number of hydrogen-bond donors (Lipinski definition) is 1. The van der Waals surface area contributed by atoms with E-state index in [-0.39, 0.29) is 11.8 Å². The molecule has 4 nitrogen and oxygen atoms in total. The van der Waals surface area contributed by atoms with Crippen molar-refractivity contribution in [2.45, 2.75) is 24.7 Å². The fraction of sp³-hybridized carbons (Fsp3) is 0.500. The molecule has 0 radical (unpaired) electrons. The van der Waals surface area contributed by atoms with Gasteiger partial charge in [-0.25, -0.2) is 0 Å². The number of rotatable bonds is 5. The molecule has 1 aromatic carbocycles. The van der Waals surface area contributed by atoms with Crippen LogP contribution in [0.2, 0.25) is 0 Å². The number of carboxylic acids is 1. The second-order valence-corrected chi connectivity index (χ2v) is 6.75. The van der Waals surface area contributed by atoms with Crippen molar-refractivity contribution in [2.24, 2.45) is 11.8 Å². The van der Waals surface area contributed by atoms with Crippen LogP contribution in [0.25, 0.3) is 0 Å². The van der Waals surface area contributed by atoms with Gasteiger partial charge in [0.05, 0.1) is 5.92 Å². The van der Waals surface area contributed by atoms with E-state index < -0.39 is 11.9 Å². The fourth-order valence-corrected chi connectivity index (χ4v) is 3.53. The summed E-state index contributed by atoms with van der Waals surface area (Å²) >= 11 is 1.66. The number of amides is 1. The Morgan fingerprint density at radius 2 is 2.00 bits per heavy atom. The molecule has 1 fully saturated rings. The van der Waals surface area contributed by atoms with E-state index >= 15 is 0 Å². The average molecular weight is 307 g/mol. The minimum absolute atomic E-state index is 0.0660. The zero-order valence-corrected chi connectivity index (χ0v) is 13.0. The van der Waals surface area contributed by atoms with E-state index in [9.17, 15) is 9.59 Å². The van der Waals surface area contributed by atoms with E-state index in [1.165, 1.54) is 0 Å². The highest BCUT2D eigenvalue weighted by Gasteiger charge is 2.31. The maximum absolute atomic E-state index is 12.2. The van der Waals surface area contributed by atoms with Gasteiger partial charge in [0, 0.05) is 30.2 Å². The minimum Gasteiger partial charge on any atom is -0.481 e. The summed E-state index contributed by atoms with van der Waals surface area (Å²) in [5.74, 6) is -0.162. The number of piperidine rings is 1. The molecule has 1 amide bonds. The van der Waals surface area contributed by atoms with E-state index in [1.54, 1.807) is 16.7 Å². The number of thioether (sulfide) groups is 1. The predicted octanol–water partition coefficient (Wildman–Crippen LogP) is 2.74. The summed E-state index contributed by atoms with van der Waals surface area (Å²) in [4.78, 5) is 26.2. The lowest BCUT2D eigenvalue weighted by atomic mass is 9.90. The summed E-state index contributed by atoms with van der Waals surface area (Å²) in [6.07, 6.45) is 1.12. The summed E-state index contributed by atoms with van der Waals surface area (Å²) in [5.41, 5.74) is 0. The first-order valence-corrected chi connectivity index (χ1v) is 8.23. The second kappa shape index (κ2) is 7.50. The van der Waals surface area contributed by atoms with Crippen molar-refractivity contribution in [3.05, 3.63) is 30.3 Å². The largest absolute Gasteiger partial charge is 0.481 e. The molecule has 1 N–H and O–H groups in total. The molecule has 1 aromatic rings. The molecule has 114 valence electrons. The molecule has 0 bridgehead atoms. The maximum atomic E-state index is 12.2. The number of hydrogen-bond acceptors (Lipinski definition) is 3. The Kier molecular flexibility index (Phi) is 5.67. The highest BCUT2D eigenvalue weighted by molar-refractivity contribution is 7.99. The number of aliphatic carboxylic acids is 1. The monoisotopic (exact) mass is 307 g/mol.